The SMILES string of the molecule is Cc1cn(C2OC(CO)C(N)C2N)c(=O)nc1N. The van der Waals surface area contributed by atoms with Crippen LogP contribution in [0.5, 0.6) is 0 Å². The number of anilines is 1. The Balaban J connectivity index is 2.39. The van der Waals surface area contributed by atoms with Gasteiger partial charge in [0.15, 0.2) is 6.23 Å². The fourth-order valence-electron chi connectivity index (χ4n) is 1.98. The van der Waals surface area contributed by atoms with Crippen molar-refractivity contribution in [1.82, 2.24) is 9.55 Å². The number of hydrogen-bond acceptors (Lipinski definition) is 7. The molecule has 0 bridgehead atoms. The first-order valence-electron chi connectivity index (χ1n) is 5.58. The molecule has 7 N–H and O–H groups in total. The molecule has 2 heterocycles. The molecule has 18 heavy (non-hydrogen) atoms. The largest absolute Gasteiger partial charge is 0.394 e. The minimum atomic E-state index is -0.739. The summed E-state index contributed by atoms with van der Waals surface area (Å²) in [5.74, 6) is 0.172. The van der Waals surface area contributed by atoms with E-state index in [2.05, 4.69) is 4.98 Å². The van der Waals surface area contributed by atoms with E-state index in [0.717, 1.165) is 0 Å². The molecular weight excluding hydrogens is 238 g/mol. The molecule has 0 saturated carbocycles. The van der Waals surface area contributed by atoms with Gasteiger partial charge in [-0.25, -0.2) is 4.79 Å². The summed E-state index contributed by atoms with van der Waals surface area (Å²) in [6.07, 6.45) is 0.202. The van der Waals surface area contributed by atoms with Crippen LogP contribution >= 0.6 is 0 Å². The molecule has 1 aliphatic heterocycles. The number of rotatable bonds is 2. The Labute approximate surface area is 103 Å². The zero-order valence-corrected chi connectivity index (χ0v) is 9.98. The third-order valence-corrected chi connectivity index (χ3v) is 3.15. The summed E-state index contributed by atoms with van der Waals surface area (Å²) >= 11 is 0. The Hall–Kier alpha value is -1.48. The lowest BCUT2D eigenvalue weighted by Crippen LogP contribution is -2.47. The molecule has 1 aromatic heterocycles. The smallest absolute Gasteiger partial charge is 0.351 e. The van der Waals surface area contributed by atoms with Crippen LogP contribution < -0.4 is 22.9 Å². The second kappa shape index (κ2) is 4.65. The van der Waals surface area contributed by atoms with E-state index in [0.29, 0.717) is 5.56 Å². The maximum atomic E-state index is 11.8. The van der Waals surface area contributed by atoms with E-state index >= 15 is 0 Å². The van der Waals surface area contributed by atoms with Crippen molar-refractivity contribution in [2.75, 3.05) is 12.3 Å². The normalized spacial score (nSPS) is 31.8. The molecule has 1 aliphatic rings. The van der Waals surface area contributed by atoms with Crippen LogP contribution in [0.2, 0.25) is 0 Å². The summed E-state index contributed by atoms with van der Waals surface area (Å²) in [7, 11) is 0. The highest BCUT2D eigenvalue weighted by molar-refractivity contribution is 5.35. The standard InChI is InChI=1S/C10H17N5O3/c1-4-2-15(10(17)14-8(4)13)9-7(12)6(11)5(3-16)18-9/h2,5-7,9,16H,3,11-12H2,1H3,(H2,13,14,17). The first-order chi connectivity index (χ1) is 8.45. The van der Waals surface area contributed by atoms with E-state index in [1.54, 1.807) is 6.92 Å². The second-order valence-electron chi connectivity index (χ2n) is 4.40. The number of nitrogens with zero attached hydrogens (tertiary/aromatic N) is 2. The van der Waals surface area contributed by atoms with E-state index in [1.807, 2.05) is 0 Å². The molecule has 2 rings (SSSR count). The van der Waals surface area contributed by atoms with Crippen LogP contribution in [0, 0.1) is 6.92 Å². The molecule has 0 aromatic carbocycles. The molecule has 0 aliphatic carbocycles. The number of nitrogen functional groups attached to an aromatic ring is 1. The van der Waals surface area contributed by atoms with Crippen LogP contribution in [0.3, 0.4) is 0 Å². The second-order valence-corrected chi connectivity index (χ2v) is 4.40. The van der Waals surface area contributed by atoms with Gasteiger partial charge in [0.05, 0.1) is 24.8 Å². The maximum Gasteiger partial charge on any atom is 0.351 e. The van der Waals surface area contributed by atoms with Gasteiger partial charge in [0.2, 0.25) is 0 Å². The lowest BCUT2D eigenvalue weighted by molar-refractivity contribution is -0.0299. The van der Waals surface area contributed by atoms with Gasteiger partial charge in [-0.15, -0.1) is 0 Å². The summed E-state index contributed by atoms with van der Waals surface area (Å²) < 4.78 is 6.73. The number of hydrogen-bond donors (Lipinski definition) is 4. The van der Waals surface area contributed by atoms with Crippen molar-refractivity contribution in [3.8, 4) is 0 Å². The fourth-order valence-corrected chi connectivity index (χ4v) is 1.98. The van der Waals surface area contributed by atoms with Gasteiger partial charge >= 0.3 is 5.69 Å². The third-order valence-electron chi connectivity index (χ3n) is 3.15. The number of ether oxygens (including phenoxy) is 1. The fraction of sp³-hybridized carbons (Fsp3) is 0.600. The molecule has 1 aromatic rings. The average molecular weight is 255 g/mol. The van der Waals surface area contributed by atoms with Crippen molar-refractivity contribution in [2.24, 2.45) is 11.5 Å². The van der Waals surface area contributed by atoms with E-state index in [9.17, 15) is 4.79 Å². The Morgan fingerprint density at radius 2 is 2.17 bits per heavy atom. The number of aliphatic hydroxyl groups is 1. The molecule has 8 heteroatoms. The molecule has 0 radical (unpaired) electrons. The molecule has 100 valence electrons. The average Bonchev–Trinajstić information content (AvgIpc) is 2.61. The lowest BCUT2D eigenvalue weighted by atomic mass is 10.1. The lowest BCUT2D eigenvalue weighted by Gasteiger charge is -2.18. The Morgan fingerprint density at radius 1 is 1.50 bits per heavy atom. The highest BCUT2D eigenvalue weighted by atomic mass is 16.5. The van der Waals surface area contributed by atoms with Gasteiger partial charge in [0.25, 0.3) is 0 Å². The zero-order valence-electron chi connectivity index (χ0n) is 9.98. The predicted molar refractivity (Wildman–Crippen MR) is 64.6 cm³/mol. The summed E-state index contributed by atoms with van der Waals surface area (Å²) in [4.78, 5) is 15.4. The number of aryl methyl sites for hydroxylation is 1. The minimum absolute atomic E-state index is 0.172. The highest BCUT2D eigenvalue weighted by Crippen LogP contribution is 2.25. The zero-order chi connectivity index (χ0) is 13.4. The van der Waals surface area contributed by atoms with E-state index in [4.69, 9.17) is 27.0 Å². The van der Waals surface area contributed by atoms with Gasteiger partial charge < -0.3 is 27.0 Å². The predicted octanol–water partition coefficient (Wildman–Crippen LogP) is -2.32. The highest BCUT2D eigenvalue weighted by Gasteiger charge is 2.41. The third kappa shape index (κ3) is 1.99. The molecule has 1 saturated heterocycles. The molecular formula is C10H17N5O3. The molecule has 0 amide bonds. The van der Waals surface area contributed by atoms with Crippen molar-refractivity contribution in [3.05, 3.63) is 22.2 Å². The number of aromatic nitrogens is 2. The van der Waals surface area contributed by atoms with Crippen molar-refractivity contribution >= 4 is 5.82 Å². The van der Waals surface area contributed by atoms with Gasteiger partial charge in [0, 0.05) is 11.8 Å². The van der Waals surface area contributed by atoms with Gasteiger partial charge in [0.1, 0.15) is 5.82 Å². The summed E-state index contributed by atoms with van der Waals surface area (Å²) in [5, 5.41) is 9.10. The monoisotopic (exact) mass is 255 g/mol. The van der Waals surface area contributed by atoms with Gasteiger partial charge in [-0.1, -0.05) is 0 Å². The van der Waals surface area contributed by atoms with Crippen LogP contribution in [0.1, 0.15) is 11.8 Å². The van der Waals surface area contributed by atoms with E-state index in [1.165, 1.54) is 10.8 Å². The molecule has 0 spiro atoms. The summed E-state index contributed by atoms with van der Waals surface area (Å²) in [5.41, 5.74) is 17.3. The van der Waals surface area contributed by atoms with Crippen molar-refractivity contribution < 1.29 is 9.84 Å². The van der Waals surface area contributed by atoms with Crippen LogP contribution in [0.25, 0.3) is 0 Å². The first kappa shape index (κ1) is 13.0. The van der Waals surface area contributed by atoms with E-state index in [-0.39, 0.29) is 12.4 Å². The quantitative estimate of drug-likeness (QED) is 0.464. The van der Waals surface area contributed by atoms with Gasteiger partial charge in [-0.3, -0.25) is 4.57 Å². The summed E-state index contributed by atoms with van der Waals surface area (Å²) in [6, 6.07) is -1.13. The molecule has 4 atom stereocenters. The van der Waals surface area contributed by atoms with Crippen molar-refractivity contribution in [3.63, 3.8) is 0 Å². The number of aliphatic hydroxyl groups excluding tert-OH is 1. The molecule has 4 unspecified atom stereocenters. The van der Waals surface area contributed by atoms with Crippen LogP contribution in [-0.2, 0) is 4.74 Å². The van der Waals surface area contributed by atoms with E-state index < -0.39 is 30.1 Å². The molecule has 8 nitrogen and oxygen atoms in total. The summed E-state index contributed by atoms with van der Waals surface area (Å²) in [6.45, 7) is 1.48. The van der Waals surface area contributed by atoms with Gasteiger partial charge in [-0.2, -0.15) is 4.98 Å². The Morgan fingerprint density at radius 3 is 2.72 bits per heavy atom. The Bertz CT molecular complexity index is 503. The van der Waals surface area contributed by atoms with Crippen LogP contribution in [-0.4, -0.2) is 39.5 Å². The van der Waals surface area contributed by atoms with Crippen molar-refractivity contribution in [2.45, 2.75) is 31.3 Å². The van der Waals surface area contributed by atoms with Crippen LogP contribution in [0.15, 0.2) is 11.0 Å². The Kier molecular flexibility index (Phi) is 3.35. The number of nitrogens with two attached hydrogens (primary N) is 3. The van der Waals surface area contributed by atoms with Crippen LogP contribution in [0.4, 0.5) is 5.82 Å². The maximum absolute atomic E-state index is 11.8. The minimum Gasteiger partial charge on any atom is -0.394 e. The van der Waals surface area contributed by atoms with Crippen molar-refractivity contribution in [1.29, 1.82) is 0 Å². The van der Waals surface area contributed by atoms with Gasteiger partial charge in [-0.05, 0) is 6.92 Å². The first-order valence-corrected chi connectivity index (χ1v) is 5.58. The molecule has 1 fully saturated rings. The topological polar surface area (TPSA) is 142 Å².